The highest BCUT2D eigenvalue weighted by Gasteiger charge is 1.99. The van der Waals surface area contributed by atoms with Gasteiger partial charge in [-0.1, -0.05) is 24.3 Å². The van der Waals surface area contributed by atoms with E-state index < -0.39 is 0 Å². The molecule has 5 N–H and O–H groups in total. The van der Waals surface area contributed by atoms with Gasteiger partial charge in [0.2, 0.25) is 0 Å². The topological polar surface area (TPSA) is 74.5 Å². The minimum atomic E-state index is 0.698. The summed E-state index contributed by atoms with van der Waals surface area (Å²) in [7, 11) is 0. The number of nitrogens with two attached hydrogens (primary N) is 1. The molecule has 0 aromatic heterocycles. The molecule has 0 saturated heterocycles. The minimum Gasteiger partial charge on any atom is -0.329 e. The van der Waals surface area contributed by atoms with Crippen molar-refractivity contribution < 1.29 is 0 Å². The van der Waals surface area contributed by atoms with Crippen molar-refractivity contribution in [2.24, 2.45) is 10.7 Å². The molecule has 0 heterocycles. The highest BCUT2D eigenvalue weighted by atomic mass is 15.0. The molecular weight excluding hydrogens is 274 g/mol. The molecule has 0 saturated carbocycles. The summed E-state index contributed by atoms with van der Waals surface area (Å²) in [4.78, 5) is 4.63. The van der Waals surface area contributed by atoms with Crippen molar-refractivity contribution in [1.29, 1.82) is 0 Å². The van der Waals surface area contributed by atoms with Crippen LogP contribution in [-0.4, -0.2) is 58.1 Å². The smallest absolute Gasteiger partial charge is 0.0517 e. The van der Waals surface area contributed by atoms with Crippen molar-refractivity contribution in [3.63, 3.8) is 0 Å². The molecule has 0 atom stereocenters. The first-order valence-electron chi connectivity index (χ1n) is 8.15. The van der Waals surface area contributed by atoms with Crippen molar-refractivity contribution in [2.45, 2.75) is 13.8 Å². The third kappa shape index (κ3) is 8.24. The van der Waals surface area contributed by atoms with Gasteiger partial charge < -0.3 is 21.7 Å². The Morgan fingerprint density at radius 2 is 1.55 bits per heavy atom. The van der Waals surface area contributed by atoms with Gasteiger partial charge in [-0.15, -0.1) is 0 Å². The van der Waals surface area contributed by atoms with Crippen molar-refractivity contribution in [1.82, 2.24) is 16.0 Å². The molecule has 0 aliphatic rings. The first kappa shape index (κ1) is 18.8. The van der Waals surface area contributed by atoms with Crippen LogP contribution < -0.4 is 21.7 Å². The van der Waals surface area contributed by atoms with E-state index in [0.29, 0.717) is 6.54 Å². The van der Waals surface area contributed by atoms with Crippen LogP contribution in [0.15, 0.2) is 29.3 Å². The largest absolute Gasteiger partial charge is 0.329 e. The maximum atomic E-state index is 5.40. The summed E-state index contributed by atoms with van der Waals surface area (Å²) < 4.78 is 0. The van der Waals surface area contributed by atoms with E-state index in [0.717, 1.165) is 51.5 Å². The zero-order valence-electron chi connectivity index (χ0n) is 14.0. The fourth-order valence-corrected chi connectivity index (χ4v) is 2.20. The van der Waals surface area contributed by atoms with Gasteiger partial charge in [-0.25, -0.2) is 0 Å². The number of hydrogen-bond acceptors (Lipinski definition) is 5. The second-order valence-corrected chi connectivity index (χ2v) is 5.32. The van der Waals surface area contributed by atoms with Gasteiger partial charge in [0, 0.05) is 51.5 Å². The predicted molar refractivity (Wildman–Crippen MR) is 95.9 cm³/mol. The molecule has 0 fully saturated rings. The Kier molecular flexibility index (Phi) is 10.5. The van der Waals surface area contributed by atoms with E-state index in [9.17, 15) is 0 Å². The molecule has 0 radical (unpaired) electrons. The Balaban J connectivity index is 2.03. The third-order valence-corrected chi connectivity index (χ3v) is 3.45. The number of aryl methyl sites for hydroxylation is 1. The van der Waals surface area contributed by atoms with Gasteiger partial charge in [-0.2, -0.15) is 0 Å². The summed E-state index contributed by atoms with van der Waals surface area (Å²) in [6, 6.07) is 8.38. The molecule has 1 aromatic carbocycles. The van der Waals surface area contributed by atoms with Gasteiger partial charge in [0.15, 0.2) is 0 Å². The zero-order valence-corrected chi connectivity index (χ0v) is 14.0. The highest BCUT2D eigenvalue weighted by Crippen LogP contribution is 2.08. The average Bonchev–Trinajstić information content (AvgIpc) is 2.53. The Morgan fingerprint density at radius 3 is 2.18 bits per heavy atom. The Morgan fingerprint density at radius 1 is 0.955 bits per heavy atom. The van der Waals surface area contributed by atoms with Crippen LogP contribution >= 0.6 is 0 Å². The van der Waals surface area contributed by atoms with Crippen molar-refractivity contribution >= 4 is 5.71 Å². The van der Waals surface area contributed by atoms with E-state index in [4.69, 9.17) is 5.73 Å². The van der Waals surface area contributed by atoms with Gasteiger partial charge in [0.1, 0.15) is 0 Å². The molecule has 1 rings (SSSR count). The molecule has 1 aromatic rings. The molecule has 0 amide bonds. The number of nitrogens with one attached hydrogen (secondary N) is 3. The van der Waals surface area contributed by atoms with Crippen LogP contribution in [0, 0.1) is 6.92 Å². The normalized spacial score (nSPS) is 11.9. The predicted octanol–water partition coefficient (Wildman–Crippen LogP) is 0.532. The van der Waals surface area contributed by atoms with Gasteiger partial charge in [0.05, 0.1) is 6.54 Å². The molecule has 5 nitrogen and oxygen atoms in total. The number of hydrogen-bond donors (Lipinski definition) is 4. The van der Waals surface area contributed by atoms with Crippen LogP contribution in [0.3, 0.4) is 0 Å². The number of nitrogens with zero attached hydrogens (tertiary/aromatic N) is 1. The van der Waals surface area contributed by atoms with Gasteiger partial charge in [-0.3, -0.25) is 4.99 Å². The number of benzene rings is 1. The zero-order chi connectivity index (χ0) is 16.0. The first-order valence-corrected chi connectivity index (χ1v) is 8.15. The third-order valence-electron chi connectivity index (χ3n) is 3.45. The maximum Gasteiger partial charge on any atom is 0.0517 e. The van der Waals surface area contributed by atoms with E-state index >= 15 is 0 Å². The standard InChI is InChI=1S/C17H31N5/c1-15-5-3-4-6-17(15)16(2)22-14-13-21-12-11-20-10-9-19-8-7-18/h3-6,19-21H,7-14,18H2,1-2H3. The minimum absolute atomic E-state index is 0.698. The fourth-order valence-electron chi connectivity index (χ4n) is 2.20. The second kappa shape index (κ2) is 12.3. The lowest BCUT2D eigenvalue weighted by atomic mass is 10.1. The van der Waals surface area contributed by atoms with Crippen LogP contribution in [0.4, 0.5) is 0 Å². The summed E-state index contributed by atoms with van der Waals surface area (Å²) >= 11 is 0. The fraction of sp³-hybridized carbons (Fsp3) is 0.588. The van der Waals surface area contributed by atoms with Gasteiger partial charge in [-0.05, 0) is 25.0 Å². The molecular formula is C17H31N5. The number of aliphatic imine (C=N–C) groups is 1. The molecule has 0 bridgehead atoms. The Labute approximate surface area is 134 Å². The van der Waals surface area contributed by atoms with E-state index in [-0.39, 0.29) is 0 Å². The Bertz CT molecular complexity index is 431. The molecule has 0 unspecified atom stereocenters. The SMILES string of the molecule is CC(=NCCNCCNCCNCCN)c1ccccc1C. The van der Waals surface area contributed by atoms with Crippen LogP contribution in [-0.2, 0) is 0 Å². The summed E-state index contributed by atoms with van der Waals surface area (Å²) in [6.07, 6.45) is 0. The van der Waals surface area contributed by atoms with Crippen molar-refractivity contribution in [3.05, 3.63) is 35.4 Å². The molecule has 22 heavy (non-hydrogen) atoms. The van der Waals surface area contributed by atoms with E-state index in [1.54, 1.807) is 0 Å². The van der Waals surface area contributed by atoms with Crippen LogP contribution in [0.25, 0.3) is 0 Å². The van der Waals surface area contributed by atoms with E-state index in [1.807, 2.05) is 0 Å². The first-order chi connectivity index (χ1) is 10.8. The molecule has 5 heteroatoms. The summed E-state index contributed by atoms with van der Waals surface area (Å²) in [6.45, 7) is 11.4. The van der Waals surface area contributed by atoms with Gasteiger partial charge >= 0.3 is 0 Å². The quantitative estimate of drug-likeness (QED) is 0.336. The van der Waals surface area contributed by atoms with Crippen LogP contribution in [0.2, 0.25) is 0 Å². The Hall–Kier alpha value is -1.27. The second-order valence-electron chi connectivity index (χ2n) is 5.32. The average molecular weight is 305 g/mol. The van der Waals surface area contributed by atoms with Crippen LogP contribution in [0.5, 0.6) is 0 Å². The lowest BCUT2D eigenvalue weighted by molar-refractivity contribution is 0.586. The van der Waals surface area contributed by atoms with Crippen molar-refractivity contribution in [2.75, 3.05) is 52.4 Å². The summed E-state index contributed by atoms with van der Waals surface area (Å²) in [5.41, 5.74) is 9.04. The summed E-state index contributed by atoms with van der Waals surface area (Å²) in [5.74, 6) is 0. The molecule has 0 aliphatic heterocycles. The van der Waals surface area contributed by atoms with E-state index in [2.05, 4.69) is 59.1 Å². The number of rotatable bonds is 12. The summed E-state index contributed by atoms with van der Waals surface area (Å²) in [5, 5.41) is 10.0. The van der Waals surface area contributed by atoms with Crippen LogP contribution in [0.1, 0.15) is 18.1 Å². The van der Waals surface area contributed by atoms with Gasteiger partial charge in [0.25, 0.3) is 0 Å². The highest BCUT2D eigenvalue weighted by molar-refractivity contribution is 5.99. The van der Waals surface area contributed by atoms with E-state index in [1.165, 1.54) is 11.1 Å². The monoisotopic (exact) mass is 305 g/mol. The molecule has 0 spiro atoms. The lowest BCUT2D eigenvalue weighted by Crippen LogP contribution is -2.34. The maximum absolute atomic E-state index is 5.40. The van der Waals surface area contributed by atoms with Crippen molar-refractivity contribution in [3.8, 4) is 0 Å². The molecule has 0 aliphatic carbocycles. The molecule has 124 valence electrons. The lowest BCUT2D eigenvalue weighted by Gasteiger charge is -2.07.